The van der Waals surface area contributed by atoms with Gasteiger partial charge >= 0.3 is 5.97 Å². The van der Waals surface area contributed by atoms with Gasteiger partial charge in [-0.05, 0) is 19.8 Å². The van der Waals surface area contributed by atoms with Crippen molar-refractivity contribution >= 4 is 5.97 Å². The summed E-state index contributed by atoms with van der Waals surface area (Å²) in [5, 5.41) is 18.1. The van der Waals surface area contributed by atoms with Gasteiger partial charge < -0.3 is 15.1 Å². The van der Waals surface area contributed by atoms with Crippen LogP contribution in [0.1, 0.15) is 19.8 Å². The Morgan fingerprint density at radius 2 is 2.23 bits per heavy atom. The Labute approximate surface area is 77.5 Å². The minimum atomic E-state index is -0.981. The topological polar surface area (TPSA) is 60.8 Å². The van der Waals surface area contributed by atoms with Gasteiger partial charge in [-0.3, -0.25) is 0 Å². The maximum atomic E-state index is 10.8. The molecule has 0 aromatic rings. The Kier molecular flexibility index (Phi) is 2.93. The predicted octanol–water partition coefficient (Wildman–Crippen LogP) is 0.430. The van der Waals surface area contributed by atoms with E-state index >= 15 is 0 Å². The van der Waals surface area contributed by atoms with Crippen molar-refractivity contribution < 1.29 is 15.0 Å². The first-order valence-corrected chi connectivity index (χ1v) is 4.36. The number of rotatable bonds is 4. The second-order valence-electron chi connectivity index (χ2n) is 3.37. The number of aliphatic hydroxyl groups excluding tert-OH is 1. The van der Waals surface area contributed by atoms with Crippen molar-refractivity contribution in [3.8, 4) is 0 Å². The van der Waals surface area contributed by atoms with Crippen LogP contribution in [0.4, 0.5) is 0 Å². The van der Waals surface area contributed by atoms with Crippen LogP contribution in [0.5, 0.6) is 0 Å². The second-order valence-corrected chi connectivity index (χ2v) is 3.37. The van der Waals surface area contributed by atoms with Crippen LogP contribution in [-0.4, -0.2) is 40.3 Å². The van der Waals surface area contributed by atoms with Crippen LogP contribution in [0.15, 0.2) is 11.8 Å². The summed E-state index contributed by atoms with van der Waals surface area (Å²) in [4.78, 5) is 12.4. The molecular weight excluding hydrogens is 170 g/mol. The Balaban J connectivity index is 2.69. The van der Waals surface area contributed by atoms with E-state index in [1.807, 2.05) is 6.08 Å². The van der Waals surface area contributed by atoms with Gasteiger partial charge in [0.2, 0.25) is 0 Å². The summed E-state index contributed by atoms with van der Waals surface area (Å²) in [7, 11) is 1.70. The lowest BCUT2D eigenvalue weighted by molar-refractivity contribution is -0.145. The molecule has 1 aliphatic carbocycles. The Hall–Kier alpha value is -1.03. The van der Waals surface area contributed by atoms with E-state index in [9.17, 15) is 9.90 Å². The van der Waals surface area contributed by atoms with E-state index in [-0.39, 0.29) is 0 Å². The number of nitrogens with zero attached hydrogens (tertiary/aromatic N) is 1. The van der Waals surface area contributed by atoms with Crippen molar-refractivity contribution in [3.05, 3.63) is 11.8 Å². The van der Waals surface area contributed by atoms with E-state index in [4.69, 9.17) is 5.11 Å². The molecule has 0 bridgehead atoms. The van der Waals surface area contributed by atoms with E-state index in [1.54, 1.807) is 11.9 Å². The molecule has 4 heteroatoms. The molecule has 0 radical (unpaired) electrons. The molecule has 0 aromatic carbocycles. The molecular formula is C9H15NO3. The standard InChI is InChI=1S/C9H15NO3/c1-6(11)8(9(12)13)10(2)7-4-3-5-7/h4,6,8,11H,3,5H2,1-2H3,(H,12,13)/t6-,8+/m1/s1. The molecule has 0 spiro atoms. The Morgan fingerprint density at radius 3 is 2.46 bits per heavy atom. The van der Waals surface area contributed by atoms with Gasteiger partial charge in [-0.2, -0.15) is 0 Å². The molecule has 0 amide bonds. The predicted molar refractivity (Wildman–Crippen MR) is 48.2 cm³/mol. The fraction of sp³-hybridized carbons (Fsp3) is 0.667. The van der Waals surface area contributed by atoms with Gasteiger partial charge in [-0.1, -0.05) is 6.08 Å². The summed E-state index contributed by atoms with van der Waals surface area (Å²) in [5.41, 5.74) is 1.01. The first kappa shape index (κ1) is 10.1. The maximum absolute atomic E-state index is 10.8. The lowest BCUT2D eigenvalue weighted by Gasteiger charge is -2.33. The van der Waals surface area contributed by atoms with Crippen molar-refractivity contribution in [3.63, 3.8) is 0 Å². The molecule has 0 saturated heterocycles. The monoisotopic (exact) mass is 185 g/mol. The third-order valence-electron chi connectivity index (χ3n) is 2.36. The van der Waals surface area contributed by atoms with Gasteiger partial charge in [0.15, 0.2) is 6.04 Å². The molecule has 0 aliphatic heterocycles. The first-order valence-electron chi connectivity index (χ1n) is 4.36. The fourth-order valence-electron chi connectivity index (χ4n) is 1.47. The zero-order valence-corrected chi connectivity index (χ0v) is 7.90. The largest absolute Gasteiger partial charge is 0.480 e. The Morgan fingerprint density at radius 1 is 1.69 bits per heavy atom. The molecule has 0 unspecified atom stereocenters. The quantitative estimate of drug-likeness (QED) is 0.666. The molecule has 74 valence electrons. The fourth-order valence-corrected chi connectivity index (χ4v) is 1.47. The van der Waals surface area contributed by atoms with Crippen molar-refractivity contribution in [2.75, 3.05) is 7.05 Å². The van der Waals surface area contributed by atoms with E-state index in [0.717, 1.165) is 18.5 Å². The normalized spacial score (nSPS) is 19.8. The number of aliphatic hydroxyl groups is 1. The summed E-state index contributed by atoms with van der Waals surface area (Å²) in [6.07, 6.45) is 3.04. The summed E-state index contributed by atoms with van der Waals surface area (Å²) < 4.78 is 0. The molecule has 13 heavy (non-hydrogen) atoms. The molecule has 2 atom stereocenters. The van der Waals surface area contributed by atoms with Crippen molar-refractivity contribution in [1.29, 1.82) is 0 Å². The van der Waals surface area contributed by atoms with Crippen molar-refractivity contribution in [1.82, 2.24) is 4.90 Å². The van der Waals surface area contributed by atoms with Crippen molar-refractivity contribution in [2.45, 2.75) is 31.9 Å². The van der Waals surface area contributed by atoms with Crippen LogP contribution >= 0.6 is 0 Å². The smallest absolute Gasteiger partial charge is 0.329 e. The zero-order chi connectivity index (χ0) is 10.0. The molecule has 4 nitrogen and oxygen atoms in total. The van der Waals surface area contributed by atoms with Crippen LogP contribution in [0.2, 0.25) is 0 Å². The number of allylic oxidation sites excluding steroid dienone is 2. The molecule has 1 rings (SSSR count). The summed E-state index contributed by atoms with van der Waals surface area (Å²) in [5.74, 6) is -0.981. The van der Waals surface area contributed by atoms with Crippen molar-refractivity contribution in [2.24, 2.45) is 0 Å². The molecule has 1 aliphatic rings. The number of aliphatic carboxylic acids is 1. The molecule has 0 saturated carbocycles. The number of hydrogen-bond donors (Lipinski definition) is 2. The van der Waals surface area contributed by atoms with E-state index in [2.05, 4.69) is 0 Å². The summed E-state index contributed by atoms with van der Waals surface area (Å²) in [6, 6.07) is -0.827. The van der Waals surface area contributed by atoms with Crippen LogP contribution in [0.3, 0.4) is 0 Å². The number of likely N-dealkylation sites (N-methyl/N-ethyl adjacent to an activating group) is 1. The van der Waals surface area contributed by atoms with Gasteiger partial charge in [-0.25, -0.2) is 4.79 Å². The minimum Gasteiger partial charge on any atom is -0.480 e. The van der Waals surface area contributed by atoms with E-state index in [0.29, 0.717) is 0 Å². The van der Waals surface area contributed by atoms with Gasteiger partial charge in [-0.15, -0.1) is 0 Å². The van der Waals surface area contributed by atoms with Crippen LogP contribution in [0, 0.1) is 0 Å². The number of hydrogen-bond acceptors (Lipinski definition) is 3. The van der Waals surface area contributed by atoms with Crippen LogP contribution in [-0.2, 0) is 4.79 Å². The second kappa shape index (κ2) is 3.79. The highest BCUT2D eigenvalue weighted by atomic mass is 16.4. The zero-order valence-electron chi connectivity index (χ0n) is 7.90. The highest BCUT2D eigenvalue weighted by Crippen LogP contribution is 2.23. The Bertz CT molecular complexity index is 235. The molecule has 2 N–H and O–H groups in total. The van der Waals surface area contributed by atoms with E-state index < -0.39 is 18.1 Å². The lowest BCUT2D eigenvalue weighted by atomic mass is 10.0. The lowest BCUT2D eigenvalue weighted by Crippen LogP contribution is -2.46. The summed E-state index contributed by atoms with van der Waals surface area (Å²) in [6.45, 7) is 1.49. The molecule has 0 aromatic heterocycles. The first-order chi connectivity index (χ1) is 6.04. The van der Waals surface area contributed by atoms with E-state index in [1.165, 1.54) is 6.92 Å². The molecule has 0 heterocycles. The van der Waals surface area contributed by atoms with Gasteiger partial charge in [0.05, 0.1) is 6.10 Å². The van der Waals surface area contributed by atoms with Gasteiger partial charge in [0.25, 0.3) is 0 Å². The van der Waals surface area contributed by atoms with Gasteiger partial charge in [0.1, 0.15) is 0 Å². The average molecular weight is 185 g/mol. The number of carboxylic acid groups (broad SMARTS) is 1. The van der Waals surface area contributed by atoms with Crippen LogP contribution in [0.25, 0.3) is 0 Å². The maximum Gasteiger partial charge on any atom is 0.329 e. The average Bonchev–Trinajstić information content (AvgIpc) is 1.79. The SMILES string of the molecule is C[C@@H](O)[C@@H](C(=O)O)N(C)C1=CCC1. The van der Waals surface area contributed by atoms with Crippen LogP contribution < -0.4 is 0 Å². The minimum absolute atomic E-state index is 0.827. The number of carbonyl (C=O) groups is 1. The number of carboxylic acids is 1. The summed E-state index contributed by atoms with van der Waals surface area (Å²) >= 11 is 0. The molecule has 0 fully saturated rings. The highest BCUT2D eigenvalue weighted by molar-refractivity contribution is 5.74. The third kappa shape index (κ3) is 2.01. The van der Waals surface area contributed by atoms with Gasteiger partial charge in [0, 0.05) is 12.7 Å². The highest BCUT2D eigenvalue weighted by Gasteiger charge is 2.29. The third-order valence-corrected chi connectivity index (χ3v) is 2.36.